The first-order valence-electron chi connectivity index (χ1n) is 19.3. The third-order valence-electron chi connectivity index (χ3n) is 9.51. The van der Waals surface area contributed by atoms with Crippen molar-refractivity contribution in [2.24, 2.45) is 0 Å². The van der Waals surface area contributed by atoms with E-state index in [0.717, 1.165) is 125 Å². The number of nitriles is 2. The predicted molar refractivity (Wildman–Crippen MR) is 223 cm³/mol. The van der Waals surface area contributed by atoms with E-state index in [1.54, 1.807) is 22.7 Å². The van der Waals surface area contributed by atoms with Crippen LogP contribution >= 0.6 is 34.0 Å². The average molecular weight is 737 g/mol. The van der Waals surface area contributed by atoms with E-state index in [4.69, 9.17) is 13.1 Å². The number of hydrogen-bond donors (Lipinski definition) is 0. The molecule has 0 bridgehead atoms. The van der Waals surface area contributed by atoms with E-state index in [1.807, 2.05) is 23.5 Å². The molecule has 0 spiro atoms. The lowest BCUT2D eigenvalue weighted by Crippen LogP contribution is -1.98. The fourth-order valence-corrected chi connectivity index (χ4v) is 11.1. The Kier molecular flexibility index (Phi) is 18.5. The van der Waals surface area contributed by atoms with Gasteiger partial charge in [0.1, 0.15) is 0 Å². The van der Waals surface area contributed by atoms with Crippen molar-refractivity contribution in [2.75, 3.05) is 0 Å². The molecule has 3 aromatic rings. The van der Waals surface area contributed by atoms with Gasteiger partial charge in [0.25, 0.3) is 11.4 Å². The third-order valence-corrected chi connectivity index (χ3v) is 13.6. The summed E-state index contributed by atoms with van der Waals surface area (Å²) in [6.45, 7) is 28.8. The van der Waals surface area contributed by atoms with Crippen LogP contribution in [-0.2, 0) is 38.5 Å². The first kappa shape index (κ1) is 42.0. The van der Waals surface area contributed by atoms with Gasteiger partial charge in [-0.15, -0.1) is 34.0 Å². The van der Waals surface area contributed by atoms with Gasteiger partial charge >= 0.3 is 0 Å². The lowest BCUT2D eigenvalue weighted by atomic mass is 9.92. The van der Waals surface area contributed by atoms with Crippen LogP contribution in [0.3, 0.4) is 0 Å². The molecule has 0 saturated carbocycles. The Morgan fingerprint density at radius 1 is 0.471 bits per heavy atom. The maximum Gasteiger partial charge on any atom is 0.263 e. The summed E-state index contributed by atoms with van der Waals surface area (Å²) in [5, 5.41) is 19.5. The number of unbranched alkanes of at least 4 members (excludes halogenated alkanes) is 6. The molecule has 7 heteroatoms. The molecule has 0 atom stereocenters. The molecule has 3 aromatic heterocycles. The fourth-order valence-electron chi connectivity index (χ4n) is 6.66. The molecule has 0 unspecified atom stereocenters. The first-order chi connectivity index (χ1) is 24.9. The zero-order valence-electron chi connectivity index (χ0n) is 31.9. The largest absolute Gasteiger partial charge is 0.263 e. The van der Waals surface area contributed by atoms with Crippen LogP contribution in [0.2, 0.25) is 0 Å². The minimum Gasteiger partial charge on any atom is -0.227 e. The van der Waals surface area contributed by atoms with Crippen molar-refractivity contribution in [3.63, 3.8) is 0 Å². The molecule has 270 valence electrons. The van der Waals surface area contributed by atoms with Crippen molar-refractivity contribution in [1.82, 2.24) is 0 Å². The van der Waals surface area contributed by atoms with E-state index in [0.29, 0.717) is 0 Å². The zero-order chi connectivity index (χ0) is 37.2. The van der Waals surface area contributed by atoms with Crippen LogP contribution in [0.25, 0.3) is 41.4 Å². The van der Waals surface area contributed by atoms with Crippen molar-refractivity contribution in [3.8, 4) is 31.6 Å². The summed E-state index contributed by atoms with van der Waals surface area (Å²) in [5.41, 5.74) is 8.82. The van der Waals surface area contributed by atoms with Crippen LogP contribution in [0.15, 0.2) is 11.4 Å². The Bertz CT molecular complexity index is 1650. The predicted octanol–water partition coefficient (Wildman–Crippen LogP) is 14.8. The van der Waals surface area contributed by atoms with Crippen LogP contribution in [0.1, 0.15) is 162 Å². The van der Waals surface area contributed by atoms with Gasteiger partial charge < -0.3 is 0 Å². The minimum absolute atomic E-state index is 0.153. The highest BCUT2D eigenvalue weighted by Crippen LogP contribution is 2.52. The van der Waals surface area contributed by atoms with Gasteiger partial charge in [-0.25, -0.2) is 20.2 Å². The van der Waals surface area contributed by atoms with Gasteiger partial charge in [0, 0.05) is 29.3 Å². The van der Waals surface area contributed by atoms with E-state index in [1.165, 1.54) is 52.9 Å². The summed E-state index contributed by atoms with van der Waals surface area (Å²) >= 11 is 5.58. The molecule has 0 fully saturated rings. The molecule has 51 heavy (non-hydrogen) atoms. The molecule has 0 aliphatic rings. The first-order valence-corrected chi connectivity index (χ1v) is 21.8. The van der Waals surface area contributed by atoms with Gasteiger partial charge in [0.05, 0.1) is 25.3 Å². The topological polar surface area (TPSA) is 56.3 Å². The fraction of sp³-hybridized carbons (Fsp3) is 0.545. The second-order valence-corrected chi connectivity index (χ2v) is 16.5. The van der Waals surface area contributed by atoms with Crippen molar-refractivity contribution in [3.05, 3.63) is 77.4 Å². The van der Waals surface area contributed by atoms with E-state index in [2.05, 4.69) is 63.4 Å². The Morgan fingerprint density at radius 2 is 0.725 bits per heavy atom. The summed E-state index contributed by atoms with van der Waals surface area (Å²) in [6.07, 6.45) is 23.0. The van der Waals surface area contributed by atoms with Gasteiger partial charge in [0.15, 0.2) is 0 Å². The highest BCUT2D eigenvalue weighted by atomic mass is 32.1. The number of hydrogen-bond acceptors (Lipinski definition) is 5. The zero-order valence-corrected chi connectivity index (χ0v) is 34.3. The Labute approximate surface area is 321 Å². The second kappa shape index (κ2) is 22.5. The van der Waals surface area contributed by atoms with Gasteiger partial charge in [0.2, 0.25) is 0 Å². The Morgan fingerprint density at radius 3 is 0.980 bits per heavy atom. The van der Waals surface area contributed by atoms with E-state index in [9.17, 15) is 10.5 Å². The number of rotatable bonds is 22. The van der Waals surface area contributed by atoms with Crippen LogP contribution in [0, 0.1) is 35.8 Å². The Balaban J connectivity index is 2.54. The van der Waals surface area contributed by atoms with Crippen LogP contribution in [-0.4, -0.2) is 0 Å². The SMILES string of the molecule is [C-]#[N+]/C(C#N)=C\c1sc(-c2sc(-c3sc(/C=C(\C#N)[N+]#[C-])c(CCCC)c3CCCC)c(CCCC)c2CCCC)c(CCCC)c1CCCC. The monoisotopic (exact) mass is 736 g/mol. The minimum atomic E-state index is 0.153. The summed E-state index contributed by atoms with van der Waals surface area (Å²) in [4.78, 5) is 14.8. The molecule has 0 saturated heterocycles. The number of nitrogens with zero attached hydrogens (tertiary/aromatic N) is 4. The second-order valence-electron chi connectivity index (χ2n) is 13.4. The summed E-state index contributed by atoms with van der Waals surface area (Å²) in [5.74, 6) is 0. The molecule has 0 aliphatic heterocycles. The lowest BCUT2D eigenvalue weighted by molar-refractivity contribution is 0.758. The number of allylic oxidation sites excluding steroid dienone is 2. The molecule has 3 rings (SSSR count). The summed E-state index contributed by atoms with van der Waals surface area (Å²) in [7, 11) is 0. The highest BCUT2D eigenvalue weighted by Gasteiger charge is 2.28. The van der Waals surface area contributed by atoms with Gasteiger partial charge in [-0.05, 0) is 123 Å². The van der Waals surface area contributed by atoms with Crippen molar-refractivity contribution < 1.29 is 0 Å². The van der Waals surface area contributed by atoms with Crippen molar-refractivity contribution in [2.45, 2.75) is 157 Å². The smallest absolute Gasteiger partial charge is 0.227 e. The Hall–Kier alpha value is -3.46. The molecule has 3 heterocycles. The lowest BCUT2D eigenvalue weighted by Gasteiger charge is -2.11. The molecule has 0 amide bonds. The van der Waals surface area contributed by atoms with E-state index < -0.39 is 0 Å². The standard InChI is InChI=1S/C44H56N4S3/c1-9-15-21-33-35(23-17-11-3)41(49-39(33)27-31(29-45)47-7)43-37(25-19-13-5)38(26-20-14-6)44(51-43)42-36(24-18-12-4)34(22-16-10-2)40(50-42)28-32(30-46)48-8/h27-28H,9-26H2,1-6H3/b31-27-,32-28+. The van der Waals surface area contributed by atoms with E-state index in [-0.39, 0.29) is 11.4 Å². The van der Waals surface area contributed by atoms with Crippen LogP contribution < -0.4 is 0 Å². The number of thiophene rings is 3. The maximum absolute atomic E-state index is 9.77. The van der Waals surface area contributed by atoms with Gasteiger partial charge in [-0.1, -0.05) is 80.1 Å². The van der Waals surface area contributed by atoms with E-state index >= 15 is 0 Å². The van der Waals surface area contributed by atoms with Crippen molar-refractivity contribution in [1.29, 1.82) is 10.5 Å². The van der Waals surface area contributed by atoms with Gasteiger partial charge in [-0.2, -0.15) is 0 Å². The molecule has 0 radical (unpaired) electrons. The van der Waals surface area contributed by atoms with Crippen molar-refractivity contribution >= 4 is 46.2 Å². The molecular formula is C44H56N4S3. The average Bonchev–Trinajstić information content (AvgIpc) is 3.80. The maximum atomic E-state index is 9.77. The van der Waals surface area contributed by atoms with Crippen LogP contribution in [0.5, 0.6) is 0 Å². The third kappa shape index (κ3) is 10.8. The van der Waals surface area contributed by atoms with Crippen LogP contribution in [0.4, 0.5) is 0 Å². The molecule has 4 nitrogen and oxygen atoms in total. The normalized spacial score (nSPS) is 11.7. The quantitative estimate of drug-likeness (QED) is 0.0762. The van der Waals surface area contributed by atoms with Gasteiger partial charge in [-0.3, -0.25) is 0 Å². The molecule has 0 aromatic carbocycles. The summed E-state index contributed by atoms with van der Waals surface area (Å²) in [6, 6.07) is 4.27. The highest BCUT2D eigenvalue weighted by molar-refractivity contribution is 7.27. The summed E-state index contributed by atoms with van der Waals surface area (Å²) < 4.78 is 0. The molecular weight excluding hydrogens is 681 g/mol. The molecule has 0 aliphatic carbocycles. The molecule has 0 N–H and O–H groups in total.